The average Bonchev–Trinajstić information content (AvgIpc) is 2.04. The monoisotopic (exact) mass is 172 g/mol. The van der Waals surface area contributed by atoms with E-state index < -0.39 is 11.9 Å². The highest BCUT2D eigenvalue weighted by Crippen LogP contribution is 2.05. The maximum atomic E-state index is 10.6. The Labute approximate surface area is 73.0 Å². The molecule has 0 aromatic heterocycles. The molecular formula is C9H16O3. The van der Waals surface area contributed by atoms with Crippen molar-refractivity contribution in [1.82, 2.24) is 0 Å². The Balaban J connectivity index is 3.78. The van der Waals surface area contributed by atoms with Gasteiger partial charge >= 0.3 is 5.97 Å². The lowest BCUT2D eigenvalue weighted by molar-refractivity contribution is -0.143. The van der Waals surface area contributed by atoms with Gasteiger partial charge in [0.25, 0.3) is 0 Å². The normalized spacial score (nSPS) is 13.5. The van der Waals surface area contributed by atoms with Gasteiger partial charge in [0.05, 0.1) is 12.5 Å². The summed E-state index contributed by atoms with van der Waals surface area (Å²) in [7, 11) is 0. The predicted molar refractivity (Wildman–Crippen MR) is 47.0 cm³/mol. The molecule has 0 spiro atoms. The van der Waals surface area contributed by atoms with Gasteiger partial charge in [0.15, 0.2) is 0 Å². The summed E-state index contributed by atoms with van der Waals surface area (Å²) >= 11 is 0. The van der Waals surface area contributed by atoms with Gasteiger partial charge in [0.2, 0.25) is 0 Å². The van der Waals surface area contributed by atoms with E-state index in [1.807, 2.05) is 26.0 Å². The van der Waals surface area contributed by atoms with E-state index in [4.69, 9.17) is 9.84 Å². The molecule has 1 N–H and O–H groups in total. The number of ether oxygens (including phenoxy) is 1. The second-order valence-electron chi connectivity index (χ2n) is 2.50. The maximum absolute atomic E-state index is 10.6. The van der Waals surface area contributed by atoms with Crippen molar-refractivity contribution in [2.75, 3.05) is 13.2 Å². The molecule has 0 amide bonds. The quantitative estimate of drug-likeness (QED) is 0.620. The van der Waals surface area contributed by atoms with Crippen molar-refractivity contribution in [3.63, 3.8) is 0 Å². The van der Waals surface area contributed by atoms with E-state index in [9.17, 15) is 4.79 Å². The Morgan fingerprint density at radius 3 is 2.75 bits per heavy atom. The molecule has 0 heterocycles. The molecule has 0 aromatic carbocycles. The summed E-state index contributed by atoms with van der Waals surface area (Å²) in [6.45, 7) is 4.60. The number of allylic oxidation sites excluding steroid dienone is 2. The number of hydrogen-bond donors (Lipinski definition) is 1. The molecule has 3 heteroatoms. The van der Waals surface area contributed by atoms with Crippen LogP contribution in [-0.4, -0.2) is 24.3 Å². The first-order valence-electron chi connectivity index (χ1n) is 4.14. The fourth-order valence-electron chi connectivity index (χ4n) is 0.801. The van der Waals surface area contributed by atoms with Crippen LogP contribution in [-0.2, 0) is 9.53 Å². The van der Waals surface area contributed by atoms with Crippen LogP contribution in [0.25, 0.3) is 0 Å². The number of carboxylic acid groups (broad SMARTS) is 1. The first-order valence-corrected chi connectivity index (χ1v) is 4.14. The summed E-state index contributed by atoms with van der Waals surface area (Å²) in [5.41, 5.74) is 0. The number of rotatable bonds is 6. The van der Waals surface area contributed by atoms with Gasteiger partial charge in [-0.2, -0.15) is 0 Å². The molecule has 0 aromatic rings. The lowest BCUT2D eigenvalue weighted by Gasteiger charge is -2.08. The molecular weight excluding hydrogens is 156 g/mol. The average molecular weight is 172 g/mol. The second-order valence-corrected chi connectivity index (χ2v) is 2.50. The largest absolute Gasteiger partial charge is 0.481 e. The smallest absolute Gasteiger partial charge is 0.309 e. The molecule has 0 aliphatic rings. The van der Waals surface area contributed by atoms with Crippen LogP contribution in [0.2, 0.25) is 0 Å². The fourth-order valence-corrected chi connectivity index (χ4v) is 0.801. The summed E-state index contributed by atoms with van der Waals surface area (Å²) in [6.07, 6.45) is 4.24. The molecule has 0 fully saturated rings. The zero-order valence-electron chi connectivity index (χ0n) is 7.62. The second kappa shape index (κ2) is 6.85. The Kier molecular flexibility index (Phi) is 6.38. The summed E-state index contributed by atoms with van der Waals surface area (Å²) in [5, 5.41) is 8.71. The molecule has 1 atom stereocenters. The Bertz CT molecular complexity index is 152. The third-order valence-corrected chi connectivity index (χ3v) is 1.53. The molecule has 0 aliphatic carbocycles. The summed E-state index contributed by atoms with van der Waals surface area (Å²) in [6, 6.07) is 0. The summed E-state index contributed by atoms with van der Waals surface area (Å²) < 4.78 is 5.04. The van der Waals surface area contributed by atoms with E-state index >= 15 is 0 Å². The molecule has 0 bridgehead atoms. The Hall–Kier alpha value is -0.830. The number of carboxylic acids is 1. The Morgan fingerprint density at radius 2 is 2.33 bits per heavy atom. The van der Waals surface area contributed by atoms with Gasteiger partial charge in [-0.15, -0.1) is 0 Å². The third-order valence-electron chi connectivity index (χ3n) is 1.53. The fraction of sp³-hybridized carbons (Fsp3) is 0.667. The highest BCUT2D eigenvalue weighted by Gasteiger charge is 2.14. The minimum absolute atomic E-state index is 0.302. The van der Waals surface area contributed by atoms with Gasteiger partial charge < -0.3 is 9.84 Å². The van der Waals surface area contributed by atoms with Crippen LogP contribution in [0, 0.1) is 5.92 Å². The van der Waals surface area contributed by atoms with Gasteiger partial charge in [-0.1, -0.05) is 12.2 Å². The first-order chi connectivity index (χ1) is 5.72. The van der Waals surface area contributed by atoms with Crippen LogP contribution in [0.15, 0.2) is 12.2 Å². The van der Waals surface area contributed by atoms with E-state index in [0.717, 1.165) is 0 Å². The van der Waals surface area contributed by atoms with Gasteiger partial charge in [-0.25, -0.2) is 0 Å². The van der Waals surface area contributed by atoms with Crippen molar-refractivity contribution in [3.05, 3.63) is 12.2 Å². The predicted octanol–water partition coefficient (Wildman–Crippen LogP) is 1.69. The van der Waals surface area contributed by atoms with Gasteiger partial charge in [-0.3, -0.25) is 4.79 Å². The van der Waals surface area contributed by atoms with Crippen LogP contribution >= 0.6 is 0 Å². The highest BCUT2D eigenvalue weighted by molar-refractivity contribution is 5.70. The molecule has 0 rings (SSSR count). The van der Waals surface area contributed by atoms with Crippen LogP contribution < -0.4 is 0 Å². The molecule has 12 heavy (non-hydrogen) atoms. The number of hydrogen-bond acceptors (Lipinski definition) is 2. The summed E-state index contributed by atoms with van der Waals surface area (Å²) in [4.78, 5) is 10.6. The van der Waals surface area contributed by atoms with E-state index in [2.05, 4.69) is 0 Å². The molecule has 0 saturated heterocycles. The van der Waals surface area contributed by atoms with Crippen molar-refractivity contribution < 1.29 is 14.6 Å². The molecule has 70 valence electrons. The minimum atomic E-state index is -0.790. The SMILES string of the molecule is C/C=C\CC(COCC)C(=O)O. The number of aliphatic carboxylic acids is 1. The van der Waals surface area contributed by atoms with Crippen LogP contribution in [0.5, 0.6) is 0 Å². The van der Waals surface area contributed by atoms with Crippen molar-refractivity contribution in [2.45, 2.75) is 20.3 Å². The van der Waals surface area contributed by atoms with Crippen molar-refractivity contribution in [3.8, 4) is 0 Å². The molecule has 3 nitrogen and oxygen atoms in total. The van der Waals surface area contributed by atoms with Crippen molar-refractivity contribution in [2.24, 2.45) is 5.92 Å². The van der Waals surface area contributed by atoms with E-state index in [1.165, 1.54) is 0 Å². The molecule has 0 aliphatic heterocycles. The number of carbonyl (C=O) groups is 1. The topological polar surface area (TPSA) is 46.5 Å². The zero-order valence-corrected chi connectivity index (χ0v) is 7.62. The summed E-state index contributed by atoms with van der Waals surface area (Å²) in [5.74, 6) is -1.19. The van der Waals surface area contributed by atoms with Crippen molar-refractivity contribution in [1.29, 1.82) is 0 Å². The van der Waals surface area contributed by atoms with E-state index in [1.54, 1.807) is 0 Å². The zero-order chi connectivity index (χ0) is 9.40. The van der Waals surface area contributed by atoms with Crippen molar-refractivity contribution >= 4 is 5.97 Å². The van der Waals surface area contributed by atoms with Gasteiger partial charge in [0, 0.05) is 6.61 Å². The lowest BCUT2D eigenvalue weighted by Crippen LogP contribution is -2.19. The lowest BCUT2D eigenvalue weighted by atomic mass is 10.1. The first kappa shape index (κ1) is 11.2. The standard InChI is InChI=1S/C9H16O3/c1-3-5-6-8(9(10)11)7-12-4-2/h3,5,8H,4,6-7H2,1-2H3,(H,10,11)/b5-3-. The molecule has 0 radical (unpaired) electrons. The van der Waals surface area contributed by atoms with Crippen LogP contribution in [0.1, 0.15) is 20.3 Å². The maximum Gasteiger partial charge on any atom is 0.309 e. The van der Waals surface area contributed by atoms with Gasteiger partial charge in [0.1, 0.15) is 0 Å². The highest BCUT2D eigenvalue weighted by atomic mass is 16.5. The Morgan fingerprint density at radius 1 is 1.67 bits per heavy atom. The van der Waals surface area contributed by atoms with Crippen LogP contribution in [0.4, 0.5) is 0 Å². The third kappa shape index (κ3) is 4.91. The minimum Gasteiger partial charge on any atom is -0.481 e. The van der Waals surface area contributed by atoms with Gasteiger partial charge in [-0.05, 0) is 20.3 Å². The van der Waals surface area contributed by atoms with E-state index in [0.29, 0.717) is 19.6 Å². The molecule has 0 saturated carbocycles. The molecule has 1 unspecified atom stereocenters. The van der Waals surface area contributed by atoms with E-state index in [-0.39, 0.29) is 0 Å². The van der Waals surface area contributed by atoms with Crippen LogP contribution in [0.3, 0.4) is 0 Å².